The molecule has 114 valence electrons. The van der Waals surface area contributed by atoms with Gasteiger partial charge >= 0.3 is 0 Å². The Morgan fingerprint density at radius 2 is 1.73 bits per heavy atom. The molecule has 0 saturated carbocycles. The lowest BCUT2D eigenvalue weighted by molar-refractivity contribution is 0.124. The Bertz CT molecular complexity index is 766. The fourth-order valence-corrected chi connectivity index (χ4v) is 3.26. The maximum absolute atomic E-state index is 12.1. The van der Waals surface area contributed by atoms with E-state index >= 15 is 0 Å². The van der Waals surface area contributed by atoms with Crippen LogP contribution in [-0.4, -0.2) is 32.0 Å². The van der Waals surface area contributed by atoms with E-state index in [1.54, 1.807) is 42.5 Å². The highest BCUT2D eigenvalue weighted by molar-refractivity contribution is 7.91. The van der Waals surface area contributed by atoms with E-state index in [4.69, 9.17) is 10.00 Å². The number of ether oxygens (including phenoxy) is 1. The number of nitrogens with zero attached hydrogens (tertiary/aromatic N) is 1. The van der Waals surface area contributed by atoms with Crippen LogP contribution in [0.3, 0.4) is 0 Å². The predicted molar refractivity (Wildman–Crippen MR) is 81.2 cm³/mol. The molecule has 0 fully saturated rings. The maximum atomic E-state index is 12.1. The molecule has 0 amide bonds. The van der Waals surface area contributed by atoms with Crippen molar-refractivity contribution in [2.75, 3.05) is 12.4 Å². The van der Waals surface area contributed by atoms with Gasteiger partial charge in [-0.1, -0.05) is 30.3 Å². The number of aliphatic hydroxyl groups is 1. The number of para-hydroxylation sites is 1. The third-order valence-corrected chi connectivity index (χ3v) is 4.77. The zero-order chi connectivity index (χ0) is 16.0. The number of aliphatic hydroxyl groups excluding tert-OH is 1. The highest BCUT2D eigenvalue weighted by atomic mass is 32.2. The highest BCUT2D eigenvalue weighted by Gasteiger charge is 2.20. The first-order chi connectivity index (χ1) is 10.5. The topological polar surface area (TPSA) is 87.4 Å². The van der Waals surface area contributed by atoms with Gasteiger partial charge in [0.15, 0.2) is 9.84 Å². The average molecular weight is 317 g/mol. The number of nitriles is 1. The van der Waals surface area contributed by atoms with E-state index in [2.05, 4.69) is 0 Å². The smallest absolute Gasteiger partial charge is 0.181 e. The second-order valence-corrected chi connectivity index (χ2v) is 6.70. The fraction of sp³-hybridized carbons (Fsp3) is 0.188. The standard InChI is InChI=1S/C16H15NO4S/c17-10-13-6-4-5-9-16(13)21-11-14(18)12-22(19,20)15-7-2-1-3-8-15/h1-9,14,18H,11-12H2/t14-/m1/s1. The Morgan fingerprint density at radius 1 is 1.09 bits per heavy atom. The summed E-state index contributed by atoms with van der Waals surface area (Å²) in [5.74, 6) is -0.118. The lowest BCUT2D eigenvalue weighted by Crippen LogP contribution is -2.27. The minimum atomic E-state index is -3.57. The molecule has 5 nitrogen and oxygen atoms in total. The summed E-state index contributed by atoms with van der Waals surface area (Å²) in [5, 5.41) is 18.8. The van der Waals surface area contributed by atoms with E-state index < -0.39 is 21.7 Å². The third-order valence-electron chi connectivity index (χ3n) is 2.95. The van der Waals surface area contributed by atoms with Crippen LogP contribution in [0.5, 0.6) is 5.75 Å². The summed E-state index contributed by atoms with van der Waals surface area (Å²) in [6.07, 6.45) is -1.18. The second kappa shape index (κ2) is 7.07. The van der Waals surface area contributed by atoms with Gasteiger partial charge in [-0.15, -0.1) is 0 Å². The van der Waals surface area contributed by atoms with Crippen LogP contribution in [0.15, 0.2) is 59.5 Å². The first-order valence-electron chi connectivity index (χ1n) is 6.61. The summed E-state index contributed by atoms with van der Waals surface area (Å²) < 4.78 is 29.6. The summed E-state index contributed by atoms with van der Waals surface area (Å²) in [7, 11) is -3.57. The van der Waals surface area contributed by atoms with E-state index in [9.17, 15) is 13.5 Å². The predicted octanol–water partition coefficient (Wildman–Crippen LogP) is 1.77. The van der Waals surface area contributed by atoms with Crippen molar-refractivity contribution in [1.82, 2.24) is 0 Å². The lowest BCUT2D eigenvalue weighted by Gasteiger charge is -2.13. The summed E-state index contributed by atoms with van der Waals surface area (Å²) in [4.78, 5) is 0.159. The molecule has 2 aromatic rings. The van der Waals surface area contributed by atoms with Gasteiger partial charge in [-0.05, 0) is 24.3 Å². The Balaban J connectivity index is 1.99. The number of hydrogen-bond donors (Lipinski definition) is 1. The van der Waals surface area contributed by atoms with Gasteiger partial charge in [0, 0.05) is 0 Å². The molecule has 0 aliphatic heterocycles. The lowest BCUT2D eigenvalue weighted by atomic mass is 10.2. The second-order valence-electron chi connectivity index (χ2n) is 4.67. The number of benzene rings is 2. The van der Waals surface area contributed by atoms with Crippen LogP contribution in [0, 0.1) is 11.3 Å². The first-order valence-corrected chi connectivity index (χ1v) is 8.26. The normalized spacial score (nSPS) is 12.4. The van der Waals surface area contributed by atoms with Crippen LogP contribution in [0.1, 0.15) is 5.56 Å². The number of sulfone groups is 1. The van der Waals surface area contributed by atoms with Gasteiger partial charge in [0.05, 0.1) is 16.2 Å². The van der Waals surface area contributed by atoms with Crippen LogP contribution < -0.4 is 4.74 Å². The highest BCUT2D eigenvalue weighted by Crippen LogP contribution is 2.17. The van der Waals surface area contributed by atoms with E-state index in [0.717, 1.165) is 0 Å². The van der Waals surface area contributed by atoms with Crippen LogP contribution in [0.25, 0.3) is 0 Å². The van der Waals surface area contributed by atoms with Crippen molar-refractivity contribution >= 4 is 9.84 Å². The molecule has 2 aromatic carbocycles. The van der Waals surface area contributed by atoms with Gasteiger partial charge in [0.1, 0.15) is 24.5 Å². The van der Waals surface area contributed by atoms with Gasteiger partial charge in [-0.3, -0.25) is 0 Å². The van der Waals surface area contributed by atoms with Crippen LogP contribution in [-0.2, 0) is 9.84 Å². The average Bonchev–Trinajstić information content (AvgIpc) is 2.53. The molecule has 0 saturated heterocycles. The van der Waals surface area contributed by atoms with Gasteiger partial charge in [-0.2, -0.15) is 5.26 Å². The molecule has 0 heterocycles. The van der Waals surface area contributed by atoms with Crippen LogP contribution in [0.2, 0.25) is 0 Å². The SMILES string of the molecule is N#Cc1ccccc1OC[C@@H](O)CS(=O)(=O)c1ccccc1. The molecule has 2 rings (SSSR count). The molecule has 1 N–H and O–H groups in total. The number of rotatable bonds is 6. The molecular formula is C16H15NO4S. The zero-order valence-electron chi connectivity index (χ0n) is 11.7. The van der Waals surface area contributed by atoms with Crippen LogP contribution in [0.4, 0.5) is 0 Å². The van der Waals surface area contributed by atoms with Gasteiger partial charge in [0.25, 0.3) is 0 Å². The Labute approximate surface area is 129 Å². The van der Waals surface area contributed by atoms with Crippen molar-refractivity contribution in [1.29, 1.82) is 5.26 Å². The molecule has 0 radical (unpaired) electrons. The van der Waals surface area contributed by atoms with Gasteiger partial charge in [0.2, 0.25) is 0 Å². The van der Waals surface area contributed by atoms with Crippen molar-refractivity contribution in [3.8, 4) is 11.8 Å². The Morgan fingerprint density at radius 3 is 2.41 bits per heavy atom. The minimum absolute atomic E-state index is 0.159. The van der Waals surface area contributed by atoms with Crippen molar-refractivity contribution in [2.45, 2.75) is 11.0 Å². The first kappa shape index (κ1) is 16.0. The fourth-order valence-electron chi connectivity index (χ4n) is 1.90. The van der Waals surface area contributed by atoms with Crippen molar-refractivity contribution in [3.63, 3.8) is 0 Å². The molecule has 0 aliphatic rings. The van der Waals surface area contributed by atoms with Crippen molar-refractivity contribution in [2.24, 2.45) is 0 Å². The summed E-state index contributed by atoms with van der Waals surface area (Å²) >= 11 is 0. The number of hydrogen-bond acceptors (Lipinski definition) is 5. The summed E-state index contributed by atoms with van der Waals surface area (Å²) in [5.41, 5.74) is 0.334. The molecule has 0 aromatic heterocycles. The zero-order valence-corrected chi connectivity index (χ0v) is 12.5. The molecule has 0 spiro atoms. The largest absolute Gasteiger partial charge is 0.489 e. The monoisotopic (exact) mass is 317 g/mol. The Kier molecular flexibility index (Phi) is 5.15. The molecule has 0 aliphatic carbocycles. The van der Waals surface area contributed by atoms with E-state index in [1.165, 1.54) is 12.1 Å². The van der Waals surface area contributed by atoms with Crippen molar-refractivity contribution < 1.29 is 18.3 Å². The molecule has 6 heteroatoms. The molecular weight excluding hydrogens is 302 g/mol. The quantitative estimate of drug-likeness (QED) is 0.877. The molecule has 22 heavy (non-hydrogen) atoms. The molecule has 0 bridgehead atoms. The van der Waals surface area contributed by atoms with Crippen LogP contribution >= 0.6 is 0 Å². The molecule has 0 unspecified atom stereocenters. The third kappa shape index (κ3) is 4.07. The summed E-state index contributed by atoms with van der Waals surface area (Å²) in [6.45, 7) is -0.204. The van der Waals surface area contributed by atoms with E-state index in [1.807, 2.05) is 6.07 Å². The maximum Gasteiger partial charge on any atom is 0.181 e. The molecule has 1 atom stereocenters. The Hall–Kier alpha value is -2.36. The van der Waals surface area contributed by atoms with E-state index in [0.29, 0.717) is 11.3 Å². The summed E-state index contributed by atoms with van der Waals surface area (Å²) in [6, 6.07) is 16.5. The van der Waals surface area contributed by atoms with Crippen molar-refractivity contribution in [3.05, 3.63) is 60.2 Å². The minimum Gasteiger partial charge on any atom is -0.489 e. The van der Waals surface area contributed by atoms with E-state index in [-0.39, 0.29) is 11.5 Å². The van der Waals surface area contributed by atoms with Gasteiger partial charge < -0.3 is 9.84 Å². The van der Waals surface area contributed by atoms with Gasteiger partial charge in [-0.25, -0.2) is 8.42 Å².